The van der Waals surface area contributed by atoms with Gasteiger partial charge < -0.3 is 33.5 Å². The van der Waals surface area contributed by atoms with Gasteiger partial charge in [0.1, 0.15) is 17.1 Å². The van der Waals surface area contributed by atoms with Crippen molar-refractivity contribution in [3.05, 3.63) is 59.7 Å². The molecule has 2 fully saturated rings. The summed E-state index contributed by atoms with van der Waals surface area (Å²) in [5, 5.41) is 0. The largest absolute Gasteiger partial charge is 0.465 e. The number of rotatable bonds is 6. The fraction of sp³-hybridized carbons (Fsp3) is 0.462. The normalized spacial score (nSPS) is 14.4. The molecule has 12 nitrogen and oxygen atoms in total. The first-order valence-corrected chi connectivity index (χ1v) is 17.1. The van der Waals surface area contributed by atoms with E-state index in [1.807, 2.05) is 20.8 Å². The van der Waals surface area contributed by atoms with Gasteiger partial charge in [0.25, 0.3) is 0 Å². The lowest BCUT2D eigenvalue weighted by Crippen LogP contribution is -2.41. The second-order valence-corrected chi connectivity index (χ2v) is 13.2. The second kappa shape index (κ2) is 21.9. The van der Waals surface area contributed by atoms with Gasteiger partial charge in [-0.05, 0) is 107 Å². The summed E-state index contributed by atoms with van der Waals surface area (Å²) in [6, 6.07) is 12.1. The smallest absolute Gasteiger partial charge is 0.415 e. The summed E-state index contributed by atoms with van der Waals surface area (Å²) >= 11 is 4.99. The van der Waals surface area contributed by atoms with Gasteiger partial charge in [-0.25, -0.2) is 24.0 Å². The van der Waals surface area contributed by atoms with Crippen molar-refractivity contribution in [3.8, 4) is 36.2 Å². The zero-order valence-corrected chi connectivity index (χ0v) is 31.1. The van der Waals surface area contributed by atoms with Gasteiger partial charge in [-0.15, -0.1) is 24.7 Å². The van der Waals surface area contributed by atoms with E-state index >= 15 is 0 Å². The molecule has 0 unspecified atom stereocenters. The van der Waals surface area contributed by atoms with Gasteiger partial charge in [0.05, 0.1) is 25.3 Å². The minimum absolute atomic E-state index is 0.202. The van der Waals surface area contributed by atoms with Gasteiger partial charge in [0, 0.05) is 50.6 Å². The molecule has 0 radical (unpaired) electrons. The number of benzene rings is 2. The third-order valence-corrected chi connectivity index (χ3v) is 7.98. The van der Waals surface area contributed by atoms with Gasteiger partial charge in [-0.2, -0.15) is 0 Å². The van der Waals surface area contributed by atoms with E-state index in [9.17, 15) is 24.0 Å². The monoisotopic (exact) mass is 738 g/mol. The van der Waals surface area contributed by atoms with Crippen molar-refractivity contribution >= 4 is 41.2 Å². The van der Waals surface area contributed by atoms with Crippen molar-refractivity contribution in [2.75, 3.05) is 40.4 Å². The molecule has 2 aromatic carbocycles. The molecule has 0 atom stereocenters. The predicted molar refractivity (Wildman–Crippen MR) is 195 cm³/mol. The van der Waals surface area contributed by atoms with Crippen LogP contribution in [0.5, 0.6) is 11.5 Å². The number of carbonyl (C=O) groups excluding carboxylic acids is 5. The molecule has 4 rings (SSSR count). The number of hydrogen-bond acceptors (Lipinski definition) is 10. The second-order valence-electron chi connectivity index (χ2n) is 12.9. The first kappa shape index (κ1) is 43.0. The number of amides is 2. The van der Waals surface area contributed by atoms with Gasteiger partial charge >= 0.3 is 29.6 Å². The van der Waals surface area contributed by atoms with Crippen molar-refractivity contribution in [1.29, 1.82) is 0 Å². The molecule has 0 aliphatic carbocycles. The molecule has 0 saturated carbocycles. The van der Waals surface area contributed by atoms with E-state index in [1.165, 1.54) is 38.5 Å². The van der Waals surface area contributed by atoms with E-state index in [0.29, 0.717) is 41.8 Å². The maximum Gasteiger partial charge on any atom is 0.415 e. The Kier molecular flexibility index (Phi) is 18.1. The number of esters is 2. The molecular weight excluding hydrogens is 692 g/mol. The number of nitrogens with zero attached hydrogens (tertiary/aromatic N) is 2. The number of carbonyl (C=O) groups is 5. The molecule has 2 amide bonds. The highest BCUT2D eigenvalue weighted by Gasteiger charge is 2.26. The Labute approximate surface area is 311 Å². The van der Waals surface area contributed by atoms with Crippen LogP contribution in [0.25, 0.3) is 0 Å². The third kappa shape index (κ3) is 15.8. The molecule has 2 aliphatic heterocycles. The quantitative estimate of drug-likeness (QED) is 0.126. The van der Waals surface area contributed by atoms with Gasteiger partial charge in [0.2, 0.25) is 0 Å². The lowest BCUT2D eigenvalue weighted by Gasteiger charge is -2.32. The minimum atomic E-state index is -0.921. The van der Waals surface area contributed by atoms with Crippen LogP contribution in [0.3, 0.4) is 0 Å². The molecule has 2 aromatic rings. The van der Waals surface area contributed by atoms with Gasteiger partial charge in [0.15, 0.2) is 0 Å². The van der Waals surface area contributed by atoms with Crippen LogP contribution in [-0.2, 0) is 14.2 Å². The molecule has 2 aliphatic rings. The SMILES string of the molecule is C#CCC1CCN(C(=O)OC(C)(C)C)CC1.C#CCC1CCN(C(=O)Oc2ccc(C(=O)OC)cc2)CC1.COC(=O)c1ccc(OC(=O)Cl)cc1. The van der Waals surface area contributed by atoms with Crippen molar-refractivity contribution in [3.63, 3.8) is 0 Å². The van der Waals surface area contributed by atoms with Crippen molar-refractivity contribution in [2.24, 2.45) is 11.8 Å². The van der Waals surface area contributed by atoms with Crippen LogP contribution in [0.2, 0.25) is 0 Å². The summed E-state index contributed by atoms with van der Waals surface area (Å²) in [5.74, 6) is 6.23. The Morgan fingerprint density at radius 3 is 1.37 bits per heavy atom. The predicted octanol–water partition coefficient (Wildman–Crippen LogP) is 7.57. The van der Waals surface area contributed by atoms with Crippen LogP contribution < -0.4 is 9.47 Å². The average molecular weight is 739 g/mol. The molecule has 13 heteroatoms. The molecule has 0 N–H and O–H groups in total. The highest BCUT2D eigenvalue weighted by molar-refractivity contribution is 6.61. The number of methoxy groups -OCH3 is 2. The van der Waals surface area contributed by atoms with Crippen LogP contribution in [0.15, 0.2) is 48.5 Å². The molecular formula is C39H47ClN2O10. The Balaban J connectivity index is 0.000000279. The zero-order valence-electron chi connectivity index (χ0n) is 30.4. The maximum atomic E-state index is 12.1. The Bertz CT molecular complexity index is 1560. The lowest BCUT2D eigenvalue weighted by atomic mass is 9.94. The molecule has 0 spiro atoms. The number of terminal acetylenes is 2. The number of piperidine rings is 2. The zero-order chi connectivity index (χ0) is 38.7. The van der Waals surface area contributed by atoms with Gasteiger partial charge in [-0.1, -0.05) is 0 Å². The summed E-state index contributed by atoms with van der Waals surface area (Å²) in [5.41, 5.74) is -0.540. The number of ether oxygens (including phenoxy) is 5. The van der Waals surface area contributed by atoms with E-state index in [-0.39, 0.29) is 17.9 Å². The highest BCUT2D eigenvalue weighted by atomic mass is 35.5. The number of likely N-dealkylation sites (tertiary alicyclic amines) is 2. The molecule has 280 valence electrons. The summed E-state index contributed by atoms with van der Waals surface area (Å²) < 4.78 is 24.3. The molecule has 0 bridgehead atoms. The molecule has 2 saturated heterocycles. The van der Waals surface area contributed by atoms with E-state index in [1.54, 1.807) is 34.1 Å². The molecule has 2 heterocycles. The van der Waals surface area contributed by atoms with Crippen LogP contribution in [0.1, 0.15) is 80.0 Å². The summed E-state index contributed by atoms with van der Waals surface area (Å²) in [7, 11) is 2.61. The summed E-state index contributed by atoms with van der Waals surface area (Å²) in [4.78, 5) is 59.9. The van der Waals surface area contributed by atoms with Crippen LogP contribution in [-0.4, -0.2) is 85.4 Å². The fourth-order valence-electron chi connectivity index (χ4n) is 5.11. The van der Waals surface area contributed by atoms with E-state index < -0.39 is 23.0 Å². The van der Waals surface area contributed by atoms with Crippen molar-refractivity contribution < 1.29 is 47.7 Å². The summed E-state index contributed by atoms with van der Waals surface area (Å²) in [6.45, 7) is 8.50. The molecule has 52 heavy (non-hydrogen) atoms. The van der Waals surface area contributed by atoms with Crippen LogP contribution in [0.4, 0.5) is 14.4 Å². The van der Waals surface area contributed by atoms with Crippen molar-refractivity contribution in [2.45, 2.75) is 64.9 Å². The van der Waals surface area contributed by atoms with Crippen LogP contribution >= 0.6 is 11.6 Å². The van der Waals surface area contributed by atoms with Crippen molar-refractivity contribution in [1.82, 2.24) is 9.80 Å². The first-order valence-electron chi connectivity index (χ1n) is 16.7. The third-order valence-electron chi connectivity index (χ3n) is 7.91. The Morgan fingerprint density at radius 1 is 0.673 bits per heavy atom. The van der Waals surface area contributed by atoms with E-state index in [0.717, 1.165) is 51.6 Å². The highest BCUT2D eigenvalue weighted by Crippen LogP contribution is 2.23. The topological polar surface area (TPSA) is 138 Å². The average Bonchev–Trinajstić information content (AvgIpc) is 3.12. The van der Waals surface area contributed by atoms with Crippen LogP contribution in [0, 0.1) is 36.5 Å². The minimum Gasteiger partial charge on any atom is -0.465 e. The lowest BCUT2D eigenvalue weighted by molar-refractivity contribution is 0.0185. The Hall–Kier alpha value is -5.20. The summed E-state index contributed by atoms with van der Waals surface area (Å²) in [6.07, 6.45) is 15.4. The maximum absolute atomic E-state index is 12.1. The van der Waals surface area contributed by atoms with E-state index in [4.69, 9.17) is 33.9 Å². The van der Waals surface area contributed by atoms with E-state index in [2.05, 4.69) is 26.1 Å². The Morgan fingerprint density at radius 2 is 1.04 bits per heavy atom. The standard InChI is InChI=1S/C17H19NO4.C13H21NO2.C9H7ClO4/c1-3-4-13-9-11-18(12-10-13)17(20)22-15-7-5-14(6-8-15)16(19)21-2;1-5-6-11-7-9-14(10-8-11)12(15)16-13(2,3)4;1-13-8(11)6-2-4-7(5-3-6)14-9(10)12/h1,5-8,13H,4,9-12H2,2H3;1,11H,6-10H2,2-4H3;2-5H,1H3. The number of hydrogen-bond donors (Lipinski definition) is 0. The molecule has 0 aromatic heterocycles. The van der Waals surface area contributed by atoms with Gasteiger partial charge in [-0.3, -0.25) is 0 Å². The fourth-order valence-corrected chi connectivity index (χ4v) is 5.20. The number of halogens is 1. The first-order chi connectivity index (χ1) is 24.7.